The maximum Gasteiger partial charge on any atom is 0.243 e. The fourth-order valence-electron chi connectivity index (χ4n) is 2.90. The van der Waals surface area contributed by atoms with Gasteiger partial charge in [-0.25, -0.2) is 8.42 Å². The van der Waals surface area contributed by atoms with Crippen molar-refractivity contribution in [1.29, 1.82) is 0 Å². The highest BCUT2D eigenvalue weighted by Crippen LogP contribution is 2.30. The maximum absolute atomic E-state index is 12.7. The zero-order valence-corrected chi connectivity index (χ0v) is 16.1. The number of hydrogen-bond acceptors (Lipinski definition) is 3. The summed E-state index contributed by atoms with van der Waals surface area (Å²) < 4.78 is 27.0. The number of rotatable bonds is 4. The Bertz CT molecular complexity index is 697. The molecule has 4 nitrogen and oxygen atoms in total. The molecule has 0 heterocycles. The fourth-order valence-corrected chi connectivity index (χ4v) is 4.44. The molecule has 1 aromatic carbocycles. The normalized spacial score (nSPS) is 21.6. The second-order valence-corrected chi connectivity index (χ2v) is 8.97. The summed E-state index contributed by atoms with van der Waals surface area (Å²) in [6.45, 7) is 0.769. The first-order valence-corrected chi connectivity index (χ1v) is 9.99. The molecule has 0 aromatic heterocycles. The van der Waals surface area contributed by atoms with E-state index in [1.165, 1.54) is 4.31 Å². The molecule has 0 bridgehead atoms. The Hall–Kier alpha value is -1.06. The van der Waals surface area contributed by atoms with E-state index in [1.807, 2.05) is 19.0 Å². The molecule has 0 amide bonds. The highest BCUT2D eigenvalue weighted by molar-refractivity contribution is 7.89. The second kappa shape index (κ2) is 8.35. The van der Waals surface area contributed by atoms with E-state index in [1.54, 1.807) is 31.3 Å². The summed E-state index contributed by atoms with van der Waals surface area (Å²) in [5.74, 6) is 6.89. The molecule has 0 unspecified atom stereocenters. The Kier molecular flexibility index (Phi) is 6.70. The fraction of sp³-hybridized carbons (Fsp3) is 0.556. The zero-order valence-electron chi connectivity index (χ0n) is 14.5. The Morgan fingerprint density at radius 1 is 1.08 bits per heavy atom. The first-order valence-electron chi connectivity index (χ1n) is 8.17. The van der Waals surface area contributed by atoms with Gasteiger partial charge in [-0.3, -0.25) is 4.90 Å². The number of benzene rings is 1. The Balaban J connectivity index is 1.97. The van der Waals surface area contributed by atoms with E-state index < -0.39 is 10.0 Å². The standard InChI is InChI=1S/C18H25ClN2O2S/c1-20(2)14-4-5-15-6-10-17(11-7-15)21(3)24(22,23)18-12-8-16(19)9-13-18/h8-9,12-13,15,17H,6-7,10-11,14H2,1-3H3. The van der Waals surface area contributed by atoms with E-state index in [0.29, 0.717) is 15.8 Å². The van der Waals surface area contributed by atoms with Gasteiger partial charge in [-0.2, -0.15) is 4.31 Å². The summed E-state index contributed by atoms with van der Waals surface area (Å²) >= 11 is 5.84. The van der Waals surface area contributed by atoms with Crippen molar-refractivity contribution in [2.75, 3.05) is 27.7 Å². The van der Waals surface area contributed by atoms with Gasteiger partial charge in [-0.15, -0.1) is 0 Å². The summed E-state index contributed by atoms with van der Waals surface area (Å²) in [5.41, 5.74) is 0. The average Bonchev–Trinajstić information content (AvgIpc) is 2.55. The van der Waals surface area contributed by atoms with Crippen molar-refractivity contribution < 1.29 is 8.42 Å². The topological polar surface area (TPSA) is 40.6 Å². The van der Waals surface area contributed by atoms with Crippen LogP contribution in [0.2, 0.25) is 5.02 Å². The Morgan fingerprint density at radius 3 is 2.21 bits per heavy atom. The van der Waals surface area contributed by atoms with Gasteiger partial charge in [-0.05, 0) is 64.0 Å². The third kappa shape index (κ3) is 4.97. The van der Waals surface area contributed by atoms with Gasteiger partial charge in [0, 0.05) is 24.0 Å². The minimum atomic E-state index is -3.47. The van der Waals surface area contributed by atoms with Crippen LogP contribution >= 0.6 is 11.6 Å². The number of halogens is 1. The van der Waals surface area contributed by atoms with Gasteiger partial charge in [0.1, 0.15) is 0 Å². The highest BCUT2D eigenvalue weighted by Gasteiger charge is 2.31. The molecule has 1 aliphatic carbocycles. The number of nitrogens with zero attached hydrogens (tertiary/aromatic N) is 2. The third-order valence-electron chi connectivity index (χ3n) is 4.40. The molecule has 24 heavy (non-hydrogen) atoms. The summed E-state index contributed by atoms with van der Waals surface area (Å²) in [6, 6.07) is 6.38. The molecule has 1 aliphatic rings. The van der Waals surface area contributed by atoms with Crippen LogP contribution in [0.25, 0.3) is 0 Å². The molecular weight excluding hydrogens is 344 g/mol. The minimum Gasteiger partial charge on any atom is -0.299 e. The van der Waals surface area contributed by atoms with E-state index in [4.69, 9.17) is 11.6 Å². The van der Waals surface area contributed by atoms with Gasteiger partial charge in [0.2, 0.25) is 10.0 Å². The molecule has 1 fully saturated rings. The van der Waals surface area contributed by atoms with Gasteiger partial charge in [-0.1, -0.05) is 23.4 Å². The lowest BCUT2D eigenvalue weighted by atomic mass is 9.86. The van der Waals surface area contributed by atoms with Crippen molar-refractivity contribution in [3.8, 4) is 11.8 Å². The van der Waals surface area contributed by atoms with Crippen molar-refractivity contribution in [1.82, 2.24) is 9.21 Å². The largest absolute Gasteiger partial charge is 0.299 e. The van der Waals surface area contributed by atoms with Crippen LogP contribution in [0.4, 0.5) is 0 Å². The molecule has 6 heteroatoms. The van der Waals surface area contributed by atoms with Crippen LogP contribution in [-0.2, 0) is 10.0 Å². The molecule has 0 atom stereocenters. The van der Waals surface area contributed by atoms with Crippen molar-refractivity contribution in [2.24, 2.45) is 5.92 Å². The average molecular weight is 369 g/mol. The number of sulfonamides is 1. The third-order valence-corrected chi connectivity index (χ3v) is 6.58. The molecule has 2 rings (SSSR count). The summed E-state index contributed by atoms with van der Waals surface area (Å²) in [6.07, 6.45) is 3.60. The monoisotopic (exact) mass is 368 g/mol. The van der Waals surface area contributed by atoms with Crippen molar-refractivity contribution in [3.05, 3.63) is 29.3 Å². The van der Waals surface area contributed by atoms with Gasteiger partial charge in [0.05, 0.1) is 11.4 Å². The van der Waals surface area contributed by atoms with Crippen LogP contribution in [0, 0.1) is 17.8 Å². The summed E-state index contributed by atoms with van der Waals surface area (Å²) in [5, 5.41) is 0.536. The summed E-state index contributed by atoms with van der Waals surface area (Å²) in [4.78, 5) is 2.34. The molecule has 0 aliphatic heterocycles. The molecule has 0 saturated heterocycles. The van der Waals surface area contributed by atoms with Crippen LogP contribution in [0.1, 0.15) is 25.7 Å². The van der Waals surface area contributed by atoms with E-state index in [9.17, 15) is 8.42 Å². The molecule has 0 N–H and O–H groups in total. The minimum absolute atomic E-state index is 0.0394. The van der Waals surface area contributed by atoms with Crippen LogP contribution < -0.4 is 0 Å². The SMILES string of the molecule is CN(C)CC#CC1CCC(N(C)S(=O)(=O)c2ccc(Cl)cc2)CC1. The predicted octanol–water partition coefficient (Wildman–Crippen LogP) is 3.08. The lowest BCUT2D eigenvalue weighted by Crippen LogP contribution is -2.39. The highest BCUT2D eigenvalue weighted by atomic mass is 35.5. The van der Waals surface area contributed by atoms with Gasteiger partial charge in [0.25, 0.3) is 0 Å². The van der Waals surface area contributed by atoms with E-state index >= 15 is 0 Å². The smallest absolute Gasteiger partial charge is 0.243 e. The van der Waals surface area contributed by atoms with Crippen LogP contribution in [0.3, 0.4) is 0 Å². The molecule has 1 saturated carbocycles. The van der Waals surface area contributed by atoms with Gasteiger partial charge < -0.3 is 0 Å². The first-order chi connectivity index (χ1) is 11.3. The van der Waals surface area contributed by atoms with Crippen LogP contribution in [0.15, 0.2) is 29.2 Å². The Labute approximate surface area is 150 Å². The van der Waals surface area contributed by atoms with Crippen molar-refractivity contribution in [2.45, 2.75) is 36.6 Å². The molecule has 0 spiro atoms. The lowest BCUT2D eigenvalue weighted by molar-refractivity contribution is 0.262. The van der Waals surface area contributed by atoms with Crippen molar-refractivity contribution >= 4 is 21.6 Å². The number of hydrogen-bond donors (Lipinski definition) is 0. The molecule has 132 valence electrons. The van der Waals surface area contributed by atoms with E-state index in [2.05, 4.69) is 11.8 Å². The zero-order chi connectivity index (χ0) is 17.7. The van der Waals surface area contributed by atoms with Gasteiger partial charge in [0.15, 0.2) is 0 Å². The lowest BCUT2D eigenvalue weighted by Gasteiger charge is -2.32. The predicted molar refractivity (Wildman–Crippen MR) is 98.5 cm³/mol. The molecular formula is C18H25ClN2O2S. The van der Waals surface area contributed by atoms with E-state index in [-0.39, 0.29) is 6.04 Å². The molecule has 0 radical (unpaired) electrons. The second-order valence-electron chi connectivity index (χ2n) is 6.54. The Morgan fingerprint density at radius 2 is 1.67 bits per heavy atom. The maximum atomic E-state index is 12.7. The quantitative estimate of drug-likeness (QED) is 0.767. The van der Waals surface area contributed by atoms with Crippen molar-refractivity contribution in [3.63, 3.8) is 0 Å². The van der Waals surface area contributed by atoms with E-state index in [0.717, 1.165) is 32.2 Å². The van der Waals surface area contributed by atoms with Crippen LogP contribution in [-0.4, -0.2) is 51.4 Å². The van der Waals surface area contributed by atoms with Crippen LogP contribution in [0.5, 0.6) is 0 Å². The molecule has 1 aromatic rings. The first kappa shape index (κ1) is 19.3. The summed E-state index contributed by atoms with van der Waals surface area (Å²) in [7, 11) is 2.21. The van der Waals surface area contributed by atoms with Gasteiger partial charge >= 0.3 is 0 Å².